The number of carbonyl (C=O) groups excluding carboxylic acids is 2. The number of anilines is 1. The van der Waals surface area contributed by atoms with Gasteiger partial charge in [-0.05, 0) is 38.5 Å². The first-order chi connectivity index (χ1) is 12.0. The average Bonchev–Trinajstić information content (AvgIpc) is 2.61. The summed E-state index contributed by atoms with van der Waals surface area (Å²) in [5, 5.41) is 2.83. The molecule has 25 heavy (non-hydrogen) atoms. The lowest BCUT2D eigenvalue weighted by molar-refractivity contribution is -0.148. The van der Waals surface area contributed by atoms with Crippen LogP contribution >= 0.6 is 0 Å². The highest BCUT2D eigenvalue weighted by atomic mass is 16.5. The number of carbonyl (C=O) groups is 2. The van der Waals surface area contributed by atoms with Crippen molar-refractivity contribution in [3.63, 3.8) is 0 Å². The average molecular weight is 338 g/mol. The van der Waals surface area contributed by atoms with Crippen LogP contribution in [0.5, 0.6) is 5.75 Å². The standard InChI is InChI=1S/C20H22N2O3/c1-4-22-16-10-5-6-11-17(16)25-20(3,19(22)24)18(23)21-13-15-9-7-8-14(2)12-15/h5-12H,4,13H2,1-3H3,(H,21,23). The van der Waals surface area contributed by atoms with Crippen LogP contribution in [0.2, 0.25) is 0 Å². The summed E-state index contributed by atoms with van der Waals surface area (Å²) in [7, 11) is 0. The van der Waals surface area contributed by atoms with Gasteiger partial charge in [0.2, 0.25) is 0 Å². The molecular formula is C20H22N2O3. The Morgan fingerprint density at radius 2 is 1.96 bits per heavy atom. The quantitative estimate of drug-likeness (QED) is 0.872. The molecule has 5 heteroatoms. The van der Waals surface area contributed by atoms with Crippen LogP contribution in [-0.2, 0) is 16.1 Å². The third kappa shape index (κ3) is 3.09. The topological polar surface area (TPSA) is 58.6 Å². The van der Waals surface area contributed by atoms with Gasteiger partial charge in [0, 0.05) is 13.1 Å². The van der Waals surface area contributed by atoms with Gasteiger partial charge in [-0.1, -0.05) is 42.0 Å². The first-order valence-corrected chi connectivity index (χ1v) is 8.39. The third-order valence-corrected chi connectivity index (χ3v) is 4.41. The smallest absolute Gasteiger partial charge is 0.280 e. The number of ether oxygens (including phenoxy) is 1. The number of hydrogen-bond donors (Lipinski definition) is 1. The highest BCUT2D eigenvalue weighted by Crippen LogP contribution is 2.37. The second-order valence-electron chi connectivity index (χ2n) is 6.32. The Bertz CT molecular complexity index is 818. The van der Waals surface area contributed by atoms with Gasteiger partial charge >= 0.3 is 0 Å². The van der Waals surface area contributed by atoms with Crippen LogP contribution in [0.1, 0.15) is 25.0 Å². The van der Waals surface area contributed by atoms with E-state index in [4.69, 9.17) is 4.74 Å². The molecule has 2 aromatic rings. The van der Waals surface area contributed by atoms with E-state index in [0.29, 0.717) is 24.5 Å². The van der Waals surface area contributed by atoms with Crippen molar-refractivity contribution in [2.45, 2.75) is 32.9 Å². The normalized spacial score (nSPS) is 19.2. The summed E-state index contributed by atoms with van der Waals surface area (Å²) in [6.45, 7) is 6.22. The van der Waals surface area contributed by atoms with Gasteiger partial charge in [-0.2, -0.15) is 0 Å². The Hall–Kier alpha value is -2.82. The van der Waals surface area contributed by atoms with E-state index in [1.165, 1.54) is 6.92 Å². The Labute approximate surface area is 147 Å². The lowest BCUT2D eigenvalue weighted by atomic mass is 9.99. The molecule has 1 atom stereocenters. The fraction of sp³-hybridized carbons (Fsp3) is 0.300. The minimum atomic E-state index is -1.58. The number of nitrogens with zero attached hydrogens (tertiary/aromatic N) is 1. The summed E-state index contributed by atoms with van der Waals surface area (Å²) in [5.41, 5.74) is 1.22. The van der Waals surface area contributed by atoms with Gasteiger partial charge in [0.15, 0.2) is 0 Å². The SMILES string of the molecule is CCN1C(=O)C(C)(C(=O)NCc2cccc(C)c2)Oc2ccccc21. The fourth-order valence-corrected chi connectivity index (χ4v) is 3.03. The molecule has 0 saturated heterocycles. The van der Waals surface area contributed by atoms with Crippen molar-refractivity contribution in [2.75, 3.05) is 11.4 Å². The van der Waals surface area contributed by atoms with Crippen molar-refractivity contribution in [2.24, 2.45) is 0 Å². The van der Waals surface area contributed by atoms with Crippen molar-refractivity contribution >= 4 is 17.5 Å². The molecule has 0 saturated carbocycles. The van der Waals surface area contributed by atoms with Crippen LogP contribution < -0.4 is 15.0 Å². The fourth-order valence-electron chi connectivity index (χ4n) is 3.03. The van der Waals surface area contributed by atoms with Crippen LogP contribution in [-0.4, -0.2) is 24.0 Å². The molecule has 1 aliphatic rings. The van der Waals surface area contributed by atoms with E-state index in [-0.39, 0.29) is 5.91 Å². The summed E-state index contributed by atoms with van der Waals surface area (Å²) in [6.07, 6.45) is 0. The number of rotatable bonds is 4. The van der Waals surface area contributed by atoms with Crippen LogP contribution in [0.4, 0.5) is 5.69 Å². The monoisotopic (exact) mass is 338 g/mol. The highest BCUT2D eigenvalue weighted by molar-refractivity contribution is 6.16. The van der Waals surface area contributed by atoms with Gasteiger partial charge in [0.05, 0.1) is 5.69 Å². The second-order valence-corrected chi connectivity index (χ2v) is 6.32. The molecular weight excluding hydrogens is 316 g/mol. The van der Waals surface area contributed by atoms with E-state index < -0.39 is 11.5 Å². The Morgan fingerprint density at radius 1 is 1.20 bits per heavy atom. The number of para-hydroxylation sites is 2. The predicted molar refractivity (Wildman–Crippen MR) is 96.5 cm³/mol. The van der Waals surface area contributed by atoms with Crippen molar-refractivity contribution < 1.29 is 14.3 Å². The van der Waals surface area contributed by atoms with Crippen LogP contribution in [0, 0.1) is 6.92 Å². The zero-order valence-electron chi connectivity index (χ0n) is 14.7. The first-order valence-electron chi connectivity index (χ1n) is 8.39. The largest absolute Gasteiger partial charge is 0.466 e. The van der Waals surface area contributed by atoms with Gasteiger partial charge in [0.1, 0.15) is 5.75 Å². The molecule has 130 valence electrons. The molecule has 0 aromatic heterocycles. The summed E-state index contributed by atoms with van der Waals surface area (Å²) < 4.78 is 5.83. The molecule has 0 aliphatic carbocycles. The lowest BCUT2D eigenvalue weighted by Crippen LogP contribution is -2.62. The molecule has 2 amide bonds. The molecule has 0 fully saturated rings. The zero-order valence-corrected chi connectivity index (χ0v) is 14.7. The molecule has 5 nitrogen and oxygen atoms in total. The van der Waals surface area contributed by atoms with E-state index in [9.17, 15) is 9.59 Å². The Morgan fingerprint density at radius 3 is 2.68 bits per heavy atom. The summed E-state index contributed by atoms with van der Waals surface area (Å²) in [5.74, 6) is -0.250. The van der Waals surface area contributed by atoms with Crippen LogP contribution in [0.3, 0.4) is 0 Å². The van der Waals surface area contributed by atoms with E-state index in [1.807, 2.05) is 56.3 Å². The zero-order chi connectivity index (χ0) is 18.0. The second kappa shape index (κ2) is 6.59. The summed E-state index contributed by atoms with van der Waals surface area (Å²) in [6, 6.07) is 15.1. The first kappa shape index (κ1) is 17.0. The molecule has 1 unspecified atom stereocenters. The maximum absolute atomic E-state index is 12.9. The molecule has 2 aromatic carbocycles. The highest BCUT2D eigenvalue weighted by Gasteiger charge is 2.50. The number of amides is 2. The van der Waals surface area contributed by atoms with Crippen molar-refractivity contribution in [1.29, 1.82) is 0 Å². The van der Waals surface area contributed by atoms with Gasteiger partial charge in [-0.3, -0.25) is 9.59 Å². The van der Waals surface area contributed by atoms with Crippen molar-refractivity contribution in [3.8, 4) is 5.75 Å². The Kier molecular flexibility index (Phi) is 4.49. The van der Waals surface area contributed by atoms with Gasteiger partial charge in [-0.15, -0.1) is 0 Å². The van der Waals surface area contributed by atoms with Crippen LogP contribution in [0.15, 0.2) is 48.5 Å². The lowest BCUT2D eigenvalue weighted by Gasteiger charge is -2.39. The van der Waals surface area contributed by atoms with E-state index in [1.54, 1.807) is 11.0 Å². The van der Waals surface area contributed by atoms with E-state index >= 15 is 0 Å². The predicted octanol–water partition coefficient (Wildman–Crippen LogP) is 2.82. The van der Waals surface area contributed by atoms with Gasteiger partial charge in [0.25, 0.3) is 17.4 Å². The molecule has 0 radical (unpaired) electrons. The summed E-state index contributed by atoms with van der Waals surface area (Å²) >= 11 is 0. The minimum absolute atomic E-state index is 0.348. The van der Waals surface area contributed by atoms with Crippen molar-refractivity contribution in [1.82, 2.24) is 5.32 Å². The van der Waals surface area contributed by atoms with E-state index in [2.05, 4.69) is 5.32 Å². The number of nitrogens with one attached hydrogen (secondary N) is 1. The molecule has 1 heterocycles. The number of hydrogen-bond acceptors (Lipinski definition) is 3. The van der Waals surface area contributed by atoms with Crippen molar-refractivity contribution in [3.05, 3.63) is 59.7 Å². The van der Waals surface area contributed by atoms with E-state index in [0.717, 1.165) is 11.1 Å². The maximum Gasteiger partial charge on any atom is 0.280 e. The molecule has 1 aliphatic heterocycles. The van der Waals surface area contributed by atoms with Gasteiger partial charge in [-0.25, -0.2) is 0 Å². The Balaban J connectivity index is 1.82. The molecule has 3 rings (SSSR count). The maximum atomic E-state index is 12.9. The number of benzene rings is 2. The molecule has 1 N–H and O–H groups in total. The van der Waals surface area contributed by atoms with Crippen LogP contribution in [0.25, 0.3) is 0 Å². The number of aryl methyl sites for hydroxylation is 1. The number of fused-ring (bicyclic) bond motifs is 1. The third-order valence-electron chi connectivity index (χ3n) is 4.41. The minimum Gasteiger partial charge on any atom is -0.466 e. The molecule has 0 bridgehead atoms. The molecule has 0 spiro atoms. The summed E-state index contributed by atoms with van der Waals surface area (Å²) in [4.78, 5) is 27.3. The van der Waals surface area contributed by atoms with Gasteiger partial charge < -0.3 is 15.0 Å². The number of likely N-dealkylation sites (N-methyl/N-ethyl adjacent to an activating group) is 1.